The van der Waals surface area contributed by atoms with Crippen molar-refractivity contribution in [2.45, 2.75) is 6.18 Å². The second-order valence-electron chi connectivity index (χ2n) is 5.25. The van der Waals surface area contributed by atoms with E-state index >= 15 is 0 Å². The zero-order valence-electron chi connectivity index (χ0n) is 12.0. The molecule has 1 N–H and O–H groups in total. The van der Waals surface area contributed by atoms with E-state index in [0.29, 0.717) is 0 Å². The molecule has 0 radical (unpaired) electrons. The minimum atomic E-state index is -4.61. The van der Waals surface area contributed by atoms with Crippen molar-refractivity contribution in [1.82, 2.24) is 9.97 Å². The number of rotatable bonds is 1. The van der Waals surface area contributed by atoms with Crippen LogP contribution in [0.1, 0.15) is 5.56 Å². The first-order valence-electron chi connectivity index (χ1n) is 7.02. The van der Waals surface area contributed by atoms with Crippen LogP contribution in [0.5, 0.6) is 0 Å². The molecular formula is C17H9F3N2O2. The van der Waals surface area contributed by atoms with Crippen molar-refractivity contribution < 1.29 is 17.6 Å². The Morgan fingerprint density at radius 2 is 1.79 bits per heavy atom. The molecule has 0 atom stereocenters. The van der Waals surface area contributed by atoms with Crippen molar-refractivity contribution >= 4 is 21.8 Å². The Labute approximate surface area is 132 Å². The fourth-order valence-corrected chi connectivity index (χ4v) is 2.76. The lowest BCUT2D eigenvalue weighted by atomic mass is 10.0. The molecule has 0 saturated carbocycles. The number of aromatic nitrogens is 2. The number of furan rings is 1. The highest BCUT2D eigenvalue weighted by Crippen LogP contribution is 2.38. The van der Waals surface area contributed by atoms with E-state index < -0.39 is 17.3 Å². The van der Waals surface area contributed by atoms with Crippen LogP contribution in [-0.2, 0) is 6.18 Å². The van der Waals surface area contributed by atoms with Crippen LogP contribution in [0.3, 0.4) is 0 Å². The number of fused-ring (bicyclic) bond motifs is 3. The monoisotopic (exact) mass is 330 g/mol. The van der Waals surface area contributed by atoms with E-state index in [1.54, 1.807) is 18.2 Å². The van der Waals surface area contributed by atoms with E-state index in [1.165, 1.54) is 24.5 Å². The van der Waals surface area contributed by atoms with Gasteiger partial charge in [-0.1, -0.05) is 18.2 Å². The SMILES string of the molecule is O=c1[nH]c2nc(-c3ccco3)cc(C(F)(F)F)c2c2ccccc12. The number of H-pyrrole nitrogens is 1. The maximum atomic E-state index is 13.6. The molecule has 1 aromatic carbocycles. The van der Waals surface area contributed by atoms with Crippen molar-refractivity contribution in [3.63, 3.8) is 0 Å². The number of nitrogens with zero attached hydrogens (tertiary/aromatic N) is 1. The van der Waals surface area contributed by atoms with E-state index in [1.807, 2.05) is 0 Å². The van der Waals surface area contributed by atoms with Crippen LogP contribution in [0, 0.1) is 0 Å². The Morgan fingerprint density at radius 1 is 1.04 bits per heavy atom. The van der Waals surface area contributed by atoms with E-state index in [0.717, 1.165) is 6.07 Å². The van der Waals surface area contributed by atoms with Gasteiger partial charge in [-0.3, -0.25) is 4.79 Å². The average Bonchev–Trinajstić information content (AvgIpc) is 3.07. The number of nitrogens with one attached hydrogen (secondary N) is 1. The van der Waals surface area contributed by atoms with Crippen LogP contribution < -0.4 is 5.56 Å². The summed E-state index contributed by atoms with van der Waals surface area (Å²) in [5, 5.41) is 0.262. The Hall–Kier alpha value is -3.09. The average molecular weight is 330 g/mol. The van der Waals surface area contributed by atoms with Gasteiger partial charge in [0.1, 0.15) is 11.3 Å². The molecule has 4 aromatic rings. The summed E-state index contributed by atoms with van der Waals surface area (Å²) >= 11 is 0. The maximum absolute atomic E-state index is 13.6. The summed E-state index contributed by atoms with van der Waals surface area (Å²) in [5.74, 6) is 0.191. The summed E-state index contributed by atoms with van der Waals surface area (Å²) in [7, 11) is 0. The number of pyridine rings is 2. The molecule has 120 valence electrons. The maximum Gasteiger partial charge on any atom is 0.417 e. The van der Waals surface area contributed by atoms with E-state index in [4.69, 9.17) is 4.42 Å². The molecule has 0 unspecified atom stereocenters. The van der Waals surface area contributed by atoms with Crippen LogP contribution in [0.25, 0.3) is 33.3 Å². The molecule has 3 heterocycles. The first kappa shape index (κ1) is 14.5. The zero-order valence-corrected chi connectivity index (χ0v) is 12.0. The zero-order chi connectivity index (χ0) is 16.9. The Bertz CT molecular complexity index is 1110. The van der Waals surface area contributed by atoms with Crippen LogP contribution >= 0.6 is 0 Å². The number of aromatic amines is 1. The van der Waals surface area contributed by atoms with Gasteiger partial charge in [-0.2, -0.15) is 13.2 Å². The largest absolute Gasteiger partial charge is 0.463 e. The highest BCUT2D eigenvalue weighted by molar-refractivity contribution is 6.06. The second kappa shape index (κ2) is 4.95. The molecule has 0 aliphatic heterocycles. The van der Waals surface area contributed by atoms with Gasteiger partial charge in [-0.25, -0.2) is 4.98 Å². The molecule has 7 heteroatoms. The first-order chi connectivity index (χ1) is 11.4. The van der Waals surface area contributed by atoms with Gasteiger partial charge in [0.25, 0.3) is 5.56 Å². The number of halogens is 3. The predicted molar refractivity (Wildman–Crippen MR) is 82.6 cm³/mol. The predicted octanol–water partition coefficient (Wildman–Crippen LogP) is 4.36. The Balaban J connectivity index is 2.21. The molecule has 0 amide bonds. The highest BCUT2D eigenvalue weighted by atomic mass is 19.4. The molecule has 0 fully saturated rings. The Morgan fingerprint density at radius 3 is 2.46 bits per heavy atom. The van der Waals surface area contributed by atoms with Gasteiger partial charge in [0.2, 0.25) is 0 Å². The number of alkyl halides is 3. The van der Waals surface area contributed by atoms with Crippen molar-refractivity contribution in [1.29, 1.82) is 0 Å². The van der Waals surface area contributed by atoms with E-state index in [9.17, 15) is 18.0 Å². The molecule has 4 nitrogen and oxygen atoms in total. The summed E-state index contributed by atoms with van der Waals surface area (Å²) in [6.07, 6.45) is -3.26. The minimum Gasteiger partial charge on any atom is -0.463 e. The van der Waals surface area contributed by atoms with Gasteiger partial charge in [-0.05, 0) is 29.7 Å². The standard InChI is InChI=1S/C17H9F3N2O2/c18-17(19,20)11-8-12(13-6-3-7-24-13)21-15-14(11)9-4-1-2-5-10(9)16(23)22-15/h1-8H,(H,21,22,23). The summed E-state index contributed by atoms with van der Waals surface area (Å²) < 4.78 is 46.0. The van der Waals surface area contributed by atoms with Gasteiger partial charge in [-0.15, -0.1) is 0 Å². The lowest BCUT2D eigenvalue weighted by molar-refractivity contribution is -0.136. The number of hydrogen-bond acceptors (Lipinski definition) is 3. The molecule has 3 aromatic heterocycles. The van der Waals surface area contributed by atoms with Crippen molar-refractivity contribution in [2.75, 3.05) is 0 Å². The third kappa shape index (κ3) is 2.17. The molecule has 0 saturated heterocycles. The molecular weight excluding hydrogens is 321 g/mol. The van der Waals surface area contributed by atoms with Gasteiger partial charge >= 0.3 is 6.18 Å². The normalized spacial score (nSPS) is 12.1. The fourth-order valence-electron chi connectivity index (χ4n) is 2.76. The third-order valence-corrected chi connectivity index (χ3v) is 3.77. The minimum absolute atomic E-state index is 0.00533. The smallest absolute Gasteiger partial charge is 0.417 e. The number of hydrogen-bond donors (Lipinski definition) is 1. The quantitative estimate of drug-likeness (QED) is 0.528. The second-order valence-corrected chi connectivity index (χ2v) is 5.25. The van der Waals surface area contributed by atoms with Gasteiger partial charge in [0.05, 0.1) is 11.8 Å². The summed E-state index contributed by atoms with van der Waals surface area (Å²) in [6.45, 7) is 0. The van der Waals surface area contributed by atoms with E-state index in [2.05, 4.69) is 9.97 Å². The topological polar surface area (TPSA) is 58.9 Å². The molecule has 24 heavy (non-hydrogen) atoms. The van der Waals surface area contributed by atoms with Crippen molar-refractivity contribution in [3.8, 4) is 11.5 Å². The summed E-state index contributed by atoms with van der Waals surface area (Å²) in [6, 6.07) is 10.1. The van der Waals surface area contributed by atoms with Crippen LogP contribution in [0.4, 0.5) is 13.2 Å². The highest BCUT2D eigenvalue weighted by Gasteiger charge is 2.35. The van der Waals surface area contributed by atoms with Crippen molar-refractivity contribution in [3.05, 3.63) is 64.6 Å². The lowest BCUT2D eigenvalue weighted by Gasteiger charge is -2.13. The summed E-state index contributed by atoms with van der Waals surface area (Å²) in [4.78, 5) is 18.7. The molecule has 4 rings (SSSR count). The van der Waals surface area contributed by atoms with Crippen molar-refractivity contribution in [2.24, 2.45) is 0 Å². The van der Waals surface area contributed by atoms with Gasteiger partial charge in [0, 0.05) is 10.8 Å². The van der Waals surface area contributed by atoms with Gasteiger partial charge in [0.15, 0.2) is 5.76 Å². The first-order valence-corrected chi connectivity index (χ1v) is 7.02. The molecule has 0 bridgehead atoms. The van der Waals surface area contributed by atoms with Crippen LogP contribution in [-0.4, -0.2) is 9.97 Å². The number of benzene rings is 1. The molecule has 0 aliphatic carbocycles. The fraction of sp³-hybridized carbons (Fsp3) is 0.0588. The van der Waals surface area contributed by atoms with Crippen LogP contribution in [0.15, 0.2) is 57.9 Å². The third-order valence-electron chi connectivity index (χ3n) is 3.77. The summed E-state index contributed by atoms with van der Waals surface area (Å²) in [5.41, 5.74) is -1.48. The van der Waals surface area contributed by atoms with E-state index in [-0.39, 0.29) is 33.3 Å². The lowest BCUT2D eigenvalue weighted by Crippen LogP contribution is -2.12. The van der Waals surface area contributed by atoms with Gasteiger partial charge < -0.3 is 9.40 Å². The van der Waals surface area contributed by atoms with Crippen LogP contribution in [0.2, 0.25) is 0 Å². The Kier molecular flexibility index (Phi) is 2.99. The molecule has 0 aliphatic rings. The molecule has 0 spiro atoms.